The number of hydrogen-bond donors (Lipinski definition) is 1. The maximum atomic E-state index is 11.9. The summed E-state index contributed by atoms with van der Waals surface area (Å²) in [6.07, 6.45) is 3.27. The summed E-state index contributed by atoms with van der Waals surface area (Å²) in [6, 6.07) is 11.6. The zero-order chi connectivity index (χ0) is 17.6. The van der Waals surface area contributed by atoms with Crippen LogP contribution in [0.5, 0.6) is 0 Å². The number of carbonyl (C=O) groups excluding carboxylic acids is 1. The van der Waals surface area contributed by atoms with Crippen LogP contribution in [0.2, 0.25) is 5.02 Å². The van der Waals surface area contributed by atoms with Gasteiger partial charge < -0.3 is 15.1 Å². The van der Waals surface area contributed by atoms with Crippen molar-refractivity contribution >= 4 is 29.0 Å². The summed E-state index contributed by atoms with van der Waals surface area (Å²) in [5.41, 5.74) is 1.71. The Kier molecular flexibility index (Phi) is 5.56. The van der Waals surface area contributed by atoms with E-state index >= 15 is 0 Å². The number of rotatable bonds is 5. The molecule has 5 nitrogen and oxygen atoms in total. The molecule has 6 heteroatoms. The zero-order valence-electron chi connectivity index (χ0n) is 14.0. The smallest absolute Gasteiger partial charge is 0.253 e. The van der Waals surface area contributed by atoms with Crippen LogP contribution >= 0.6 is 11.6 Å². The number of carbonyl (C=O) groups is 1. The number of halogens is 1. The van der Waals surface area contributed by atoms with E-state index in [1.807, 2.05) is 30.3 Å². The third-order valence-electron chi connectivity index (χ3n) is 4.19. The van der Waals surface area contributed by atoms with Crippen LogP contribution in [0, 0.1) is 0 Å². The minimum Gasteiger partial charge on any atom is -0.368 e. The van der Waals surface area contributed by atoms with E-state index in [0.717, 1.165) is 42.7 Å². The van der Waals surface area contributed by atoms with Gasteiger partial charge in [-0.05, 0) is 30.3 Å². The van der Waals surface area contributed by atoms with Gasteiger partial charge in [0.05, 0.1) is 5.56 Å². The number of piperazine rings is 1. The first-order valence-electron chi connectivity index (χ1n) is 8.28. The van der Waals surface area contributed by atoms with Gasteiger partial charge in [-0.25, -0.2) is 4.98 Å². The number of nitrogens with zero attached hydrogens (tertiary/aromatic N) is 3. The zero-order valence-corrected chi connectivity index (χ0v) is 14.7. The molecule has 1 aliphatic heterocycles. The summed E-state index contributed by atoms with van der Waals surface area (Å²) in [5, 5.41) is 3.50. The van der Waals surface area contributed by atoms with Gasteiger partial charge >= 0.3 is 0 Å². The first kappa shape index (κ1) is 17.3. The summed E-state index contributed by atoms with van der Waals surface area (Å²) in [5.74, 6) is 0.760. The van der Waals surface area contributed by atoms with Gasteiger partial charge in [-0.15, -0.1) is 6.58 Å². The van der Waals surface area contributed by atoms with Crippen molar-refractivity contribution in [3.63, 3.8) is 0 Å². The molecule has 1 aromatic heterocycles. The molecule has 0 saturated carbocycles. The second kappa shape index (κ2) is 8.03. The predicted molar refractivity (Wildman–Crippen MR) is 103 cm³/mol. The Morgan fingerprint density at radius 1 is 1.20 bits per heavy atom. The molecule has 0 radical (unpaired) electrons. The first-order valence-corrected chi connectivity index (χ1v) is 8.66. The fourth-order valence-electron chi connectivity index (χ4n) is 2.84. The van der Waals surface area contributed by atoms with E-state index in [4.69, 9.17) is 11.6 Å². The highest BCUT2D eigenvalue weighted by Gasteiger charge is 2.18. The number of hydrogen-bond acceptors (Lipinski definition) is 4. The number of benzene rings is 1. The molecule has 130 valence electrons. The molecular weight excluding hydrogens is 336 g/mol. The lowest BCUT2D eigenvalue weighted by Gasteiger charge is -2.36. The van der Waals surface area contributed by atoms with Crippen molar-refractivity contribution in [1.29, 1.82) is 0 Å². The van der Waals surface area contributed by atoms with Crippen molar-refractivity contribution in [3.05, 3.63) is 65.8 Å². The number of aromatic nitrogens is 1. The van der Waals surface area contributed by atoms with Gasteiger partial charge in [0.25, 0.3) is 5.91 Å². The highest BCUT2D eigenvalue weighted by atomic mass is 35.5. The third kappa shape index (κ3) is 4.31. The van der Waals surface area contributed by atoms with E-state index in [2.05, 4.69) is 32.7 Å². The van der Waals surface area contributed by atoms with Gasteiger partial charge in [0.1, 0.15) is 5.82 Å². The second-order valence-corrected chi connectivity index (χ2v) is 6.29. The van der Waals surface area contributed by atoms with E-state index in [1.54, 1.807) is 12.3 Å². The maximum Gasteiger partial charge on any atom is 0.253 e. The molecule has 1 amide bonds. The van der Waals surface area contributed by atoms with Crippen molar-refractivity contribution < 1.29 is 4.79 Å². The second-order valence-electron chi connectivity index (χ2n) is 5.86. The van der Waals surface area contributed by atoms with Crippen LogP contribution in [0.4, 0.5) is 11.5 Å². The Bertz CT molecular complexity index is 739. The summed E-state index contributed by atoms with van der Waals surface area (Å²) in [4.78, 5) is 20.9. The Hall–Kier alpha value is -2.53. The van der Waals surface area contributed by atoms with E-state index in [-0.39, 0.29) is 5.91 Å². The normalized spacial score (nSPS) is 14.3. The van der Waals surface area contributed by atoms with E-state index in [9.17, 15) is 4.79 Å². The van der Waals surface area contributed by atoms with Gasteiger partial charge in [0, 0.05) is 49.6 Å². The highest BCUT2D eigenvalue weighted by Crippen LogP contribution is 2.22. The standard InChI is InChI=1S/C19H21ClN4O/c1-2-8-21-19(25)15-6-7-18(22-14-15)24-11-9-23(10-12-24)17-5-3-4-16(20)13-17/h2-7,13-14H,1,8-12H2,(H,21,25). The van der Waals surface area contributed by atoms with Crippen LogP contribution in [0.3, 0.4) is 0 Å². The molecule has 0 spiro atoms. The van der Waals surface area contributed by atoms with Crippen LogP contribution < -0.4 is 15.1 Å². The Labute approximate surface area is 152 Å². The monoisotopic (exact) mass is 356 g/mol. The predicted octanol–water partition coefficient (Wildman–Crippen LogP) is 2.98. The molecule has 2 heterocycles. The molecule has 0 unspecified atom stereocenters. The average Bonchev–Trinajstić information content (AvgIpc) is 2.66. The lowest BCUT2D eigenvalue weighted by atomic mass is 10.2. The third-order valence-corrected chi connectivity index (χ3v) is 4.43. The van der Waals surface area contributed by atoms with Crippen LogP contribution in [0.15, 0.2) is 55.3 Å². The largest absolute Gasteiger partial charge is 0.368 e. The minimum absolute atomic E-state index is 0.135. The topological polar surface area (TPSA) is 48.5 Å². The summed E-state index contributed by atoms with van der Waals surface area (Å²) >= 11 is 6.08. The molecule has 0 atom stereocenters. The number of amides is 1. The van der Waals surface area contributed by atoms with Gasteiger partial charge in [0.15, 0.2) is 0 Å². The average molecular weight is 357 g/mol. The molecule has 1 N–H and O–H groups in total. The van der Waals surface area contributed by atoms with Crippen molar-refractivity contribution in [1.82, 2.24) is 10.3 Å². The maximum absolute atomic E-state index is 11.9. The summed E-state index contributed by atoms with van der Waals surface area (Å²) in [7, 11) is 0. The quantitative estimate of drug-likeness (QED) is 0.837. The number of anilines is 2. The summed E-state index contributed by atoms with van der Waals surface area (Å²) < 4.78 is 0. The van der Waals surface area contributed by atoms with Crippen molar-refractivity contribution in [2.45, 2.75) is 0 Å². The van der Waals surface area contributed by atoms with Crippen LogP contribution in [0.25, 0.3) is 0 Å². The lowest BCUT2D eigenvalue weighted by Crippen LogP contribution is -2.46. The fourth-order valence-corrected chi connectivity index (χ4v) is 3.03. The van der Waals surface area contributed by atoms with Gasteiger partial charge in [0.2, 0.25) is 0 Å². The van der Waals surface area contributed by atoms with Gasteiger partial charge in [-0.2, -0.15) is 0 Å². The number of pyridine rings is 1. The van der Waals surface area contributed by atoms with Crippen molar-refractivity contribution in [2.24, 2.45) is 0 Å². The molecule has 25 heavy (non-hydrogen) atoms. The van der Waals surface area contributed by atoms with Crippen LogP contribution in [0.1, 0.15) is 10.4 Å². The lowest BCUT2D eigenvalue weighted by molar-refractivity contribution is 0.0957. The van der Waals surface area contributed by atoms with E-state index < -0.39 is 0 Å². The number of nitrogens with one attached hydrogen (secondary N) is 1. The van der Waals surface area contributed by atoms with E-state index in [1.165, 1.54) is 0 Å². The van der Waals surface area contributed by atoms with E-state index in [0.29, 0.717) is 12.1 Å². The van der Waals surface area contributed by atoms with Crippen LogP contribution in [-0.4, -0.2) is 43.6 Å². The highest BCUT2D eigenvalue weighted by molar-refractivity contribution is 6.30. The molecule has 1 saturated heterocycles. The summed E-state index contributed by atoms with van der Waals surface area (Å²) in [6.45, 7) is 7.60. The minimum atomic E-state index is -0.135. The molecule has 1 aliphatic rings. The molecule has 2 aromatic rings. The molecule has 0 bridgehead atoms. The van der Waals surface area contributed by atoms with Gasteiger partial charge in [-0.1, -0.05) is 23.7 Å². The van der Waals surface area contributed by atoms with Gasteiger partial charge in [-0.3, -0.25) is 4.79 Å². The molecule has 3 rings (SSSR count). The Morgan fingerprint density at radius 2 is 1.96 bits per heavy atom. The van der Waals surface area contributed by atoms with Crippen molar-refractivity contribution in [3.8, 4) is 0 Å². The molecule has 1 fully saturated rings. The fraction of sp³-hybridized carbons (Fsp3) is 0.263. The van der Waals surface area contributed by atoms with Crippen molar-refractivity contribution in [2.75, 3.05) is 42.5 Å². The Balaban J connectivity index is 1.59. The molecular formula is C19H21ClN4O. The SMILES string of the molecule is C=CCNC(=O)c1ccc(N2CCN(c3cccc(Cl)c3)CC2)nc1. The first-order chi connectivity index (χ1) is 12.2. The van der Waals surface area contributed by atoms with Crippen LogP contribution in [-0.2, 0) is 0 Å². The Morgan fingerprint density at radius 3 is 2.60 bits per heavy atom. The molecule has 0 aliphatic carbocycles. The molecule has 1 aromatic carbocycles.